The third kappa shape index (κ3) is 5.30. The van der Waals surface area contributed by atoms with Crippen LogP contribution < -0.4 is 5.73 Å². The highest BCUT2D eigenvalue weighted by atomic mass is 32.2. The molecule has 6 nitrogen and oxygen atoms in total. The molecule has 0 spiro atoms. The van der Waals surface area contributed by atoms with Gasteiger partial charge in [0.05, 0.1) is 6.26 Å². The Morgan fingerprint density at radius 2 is 1.85 bits per heavy atom. The summed E-state index contributed by atoms with van der Waals surface area (Å²) in [6.45, 7) is 3.39. The topological polar surface area (TPSA) is 83.7 Å². The molecule has 27 heavy (non-hydrogen) atoms. The van der Waals surface area contributed by atoms with Crippen LogP contribution in [-0.2, 0) is 16.6 Å². The van der Waals surface area contributed by atoms with E-state index in [1.54, 1.807) is 10.4 Å². The number of piperidine rings is 1. The highest BCUT2D eigenvalue weighted by Gasteiger charge is 2.35. The number of primary amides is 1. The molecule has 1 amide bonds. The van der Waals surface area contributed by atoms with Crippen molar-refractivity contribution in [3.8, 4) is 0 Å². The van der Waals surface area contributed by atoms with Gasteiger partial charge in [-0.15, -0.1) is 0 Å². The van der Waals surface area contributed by atoms with Crippen LogP contribution in [0, 0.1) is 5.92 Å². The molecule has 0 radical (unpaired) electrons. The van der Waals surface area contributed by atoms with E-state index in [1.807, 2.05) is 18.2 Å². The number of rotatable bonds is 5. The summed E-state index contributed by atoms with van der Waals surface area (Å²) >= 11 is 0. The molecule has 1 aromatic carbocycles. The number of likely N-dealkylation sites (tertiary alicyclic amines) is 1. The van der Waals surface area contributed by atoms with Crippen LogP contribution in [0.2, 0.25) is 0 Å². The first-order valence-electron chi connectivity index (χ1n) is 9.92. The molecular weight excluding hydrogens is 362 g/mol. The quantitative estimate of drug-likeness (QED) is 0.831. The number of carbonyl (C=O) groups excluding carboxylic acids is 1. The lowest BCUT2D eigenvalue weighted by atomic mass is 9.87. The maximum atomic E-state index is 12.3. The van der Waals surface area contributed by atoms with Crippen molar-refractivity contribution in [3.63, 3.8) is 0 Å². The Morgan fingerprint density at radius 1 is 1.11 bits per heavy atom. The summed E-state index contributed by atoms with van der Waals surface area (Å²) in [4.78, 5) is 13.7. The average molecular weight is 394 g/mol. The van der Waals surface area contributed by atoms with Crippen molar-refractivity contribution in [2.75, 3.05) is 25.9 Å². The fraction of sp³-hybridized carbons (Fsp3) is 0.650. The van der Waals surface area contributed by atoms with E-state index in [9.17, 15) is 13.2 Å². The van der Waals surface area contributed by atoms with Crippen LogP contribution in [-0.4, -0.2) is 55.5 Å². The molecule has 2 aliphatic heterocycles. The minimum atomic E-state index is -3.15. The fourth-order valence-corrected chi connectivity index (χ4v) is 5.80. The van der Waals surface area contributed by atoms with Crippen LogP contribution >= 0.6 is 0 Å². The van der Waals surface area contributed by atoms with E-state index in [0.29, 0.717) is 18.0 Å². The van der Waals surface area contributed by atoms with Crippen LogP contribution in [0.5, 0.6) is 0 Å². The Balaban J connectivity index is 1.61. The summed E-state index contributed by atoms with van der Waals surface area (Å²) in [6.07, 6.45) is 7.59. The second-order valence-electron chi connectivity index (χ2n) is 7.97. The summed E-state index contributed by atoms with van der Waals surface area (Å²) in [5, 5.41) is 0. The minimum Gasteiger partial charge on any atom is -0.366 e. The van der Waals surface area contributed by atoms with Crippen LogP contribution in [0.1, 0.15) is 54.4 Å². The first-order chi connectivity index (χ1) is 12.8. The van der Waals surface area contributed by atoms with Gasteiger partial charge < -0.3 is 5.73 Å². The molecule has 3 rings (SSSR count). The monoisotopic (exact) mass is 393 g/mol. The summed E-state index contributed by atoms with van der Waals surface area (Å²) in [6, 6.07) is 7.66. The molecule has 150 valence electrons. The normalized spacial score (nSPS) is 23.8. The summed E-state index contributed by atoms with van der Waals surface area (Å²) in [7, 11) is -3.15. The first kappa shape index (κ1) is 20.3. The Labute approximate surface area is 162 Å². The molecule has 2 N–H and O–H groups in total. The molecule has 7 heteroatoms. The molecule has 0 aliphatic carbocycles. The van der Waals surface area contributed by atoms with Gasteiger partial charge in [-0.3, -0.25) is 9.69 Å². The van der Waals surface area contributed by atoms with Gasteiger partial charge in [-0.2, -0.15) is 4.31 Å². The molecule has 1 aromatic rings. The standard InChI is InChI=1S/C20H31N3O3S/c1-27(25,26)23-11-4-2-3-8-19(23)17-9-12-22(13-10-17)15-16-6-5-7-18(14-16)20(21)24/h5-7,14,17,19H,2-4,8-13,15H2,1H3,(H2,21,24). The Bertz CT molecular complexity index is 757. The van der Waals surface area contributed by atoms with Gasteiger partial charge in [0.2, 0.25) is 15.9 Å². The number of benzene rings is 1. The van der Waals surface area contributed by atoms with Crippen LogP contribution in [0.3, 0.4) is 0 Å². The zero-order chi connectivity index (χ0) is 19.4. The number of hydrogen-bond donors (Lipinski definition) is 1. The van der Waals surface area contributed by atoms with Crippen LogP contribution in [0.15, 0.2) is 24.3 Å². The molecule has 0 saturated carbocycles. The predicted octanol–water partition coefficient (Wildman–Crippen LogP) is 2.20. The molecule has 1 atom stereocenters. The molecule has 2 saturated heterocycles. The lowest BCUT2D eigenvalue weighted by molar-refractivity contribution is 0.0999. The van der Waals surface area contributed by atoms with E-state index < -0.39 is 15.9 Å². The van der Waals surface area contributed by atoms with Crippen molar-refractivity contribution in [2.24, 2.45) is 11.7 Å². The van der Waals surface area contributed by atoms with Gasteiger partial charge in [0.15, 0.2) is 0 Å². The number of sulfonamides is 1. The molecule has 1 unspecified atom stereocenters. The Morgan fingerprint density at radius 3 is 2.52 bits per heavy atom. The van der Waals surface area contributed by atoms with Crippen LogP contribution in [0.4, 0.5) is 0 Å². The second-order valence-corrected chi connectivity index (χ2v) is 9.90. The van der Waals surface area contributed by atoms with Gasteiger partial charge in [-0.25, -0.2) is 8.42 Å². The van der Waals surface area contributed by atoms with E-state index in [0.717, 1.165) is 63.7 Å². The highest BCUT2D eigenvalue weighted by molar-refractivity contribution is 7.88. The lowest BCUT2D eigenvalue weighted by Crippen LogP contribution is -2.47. The van der Waals surface area contributed by atoms with Gasteiger partial charge >= 0.3 is 0 Å². The lowest BCUT2D eigenvalue weighted by Gasteiger charge is -2.39. The highest BCUT2D eigenvalue weighted by Crippen LogP contribution is 2.31. The van der Waals surface area contributed by atoms with E-state index in [-0.39, 0.29) is 6.04 Å². The van der Waals surface area contributed by atoms with Gasteiger partial charge in [0.25, 0.3) is 0 Å². The maximum Gasteiger partial charge on any atom is 0.248 e. The molecular formula is C20H31N3O3S. The first-order valence-corrected chi connectivity index (χ1v) is 11.8. The van der Waals surface area contributed by atoms with Gasteiger partial charge in [0, 0.05) is 24.7 Å². The second kappa shape index (κ2) is 8.71. The van der Waals surface area contributed by atoms with Crippen molar-refractivity contribution in [1.29, 1.82) is 0 Å². The van der Waals surface area contributed by atoms with Gasteiger partial charge in [0.1, 0.15) is 0 Å². The summed E-state index contributed by atoms with van der Waals surface area (Å²) in [5.74, 6) is 0.0378. The van der Waals surface area contributed by atoms with E-state index >= 15 is 0 Å². The number of nitrogens with two attached hydrogens (primary N) is 1. The summed E-state index contributed by atoms with van der Waals surface area (Å²) in [5.41, 5.74) is 7.01. The smallest absolute Gasteiger partial charge is 0.248 e. The Hall–Kier alpha value is -1.44. The van der Waals surface area contributed by atoms with Crippen molar-refractivity contribution in [2.45, 2.75) is 51.1 Å². The largest absolute Gasteiger partial charge is 0.366 e. The number of carbonyl (C=O) groups is 1. The van der Waals surface area contributed by atoms with E-state index in [2.05, 4.69) is 4.90 Å². The van der Waals surface area contributed by atoms with Crippen molar-refractivity contribution in [1.82, 2.24) is 9.21 Å². The number of amides is 1. The van der Waals surface area contributed by atoms with E-state index in [1.165, 1.54) is 6.26 Å². The third-order valence-electron chi connectivity index (χ3n) is 5.97. The zero-order valence-corrected chi connectivity index (χ0v) is 17.0. The zero-order valence-electron chi connectivity index (χ0n) is 16.1. The number of nitrogens with zero attached hydrogens (tertiary/aromatic N) is 2. The van der Waals surface area contributed by atoms with Crippen LogP contribution in [0.25, 0.3) is 0 Å². The SMILES string of the molecule is CS(=O)(=O)N1CCCCCC1C1CCN(Cc2cccc(C(N)=O)c2)CC1. The van der Waals surface area contributed by atoms with Crippen molar-refractivity contribution in [3.05, 3.63) is 35.4 Å². The third-order valence-corrected chi connectivity index (χ3v) is 7.27. The molecule has 2 fully saturated rings. The fourth-order valence-electron chi connectivity index (χ4n) is 4.57. The maximum absolute atomic E-state index is 12.3. The molecule has 2 aliphatic rings. The van der Waals surface area contributed by atoms with Gasteiger partial charge in [-0.05, 0) is 62.4 Å². The number of hydrogen-bond acceptors (Lipinski definition) is 4. The van der Waals surface area contributed by atoms with Crippen molar-refractivity contribution < 1.29 is 13.2 Å². The Kier molecular flexibility index (Phi) is 6.55. The van der Waals surface area contributed by atoms with E-state index in [4.69, 9.17) is 5.73 Å². The molecule has 0 aromatic heterocycles. The molecule has 2 heterocycles. The average Bonchev–Trinajstić information content (AvgIpc) is 2.88. The minimum absolute atomic E-state index is 0.155. The molecule has 0 bridgehead atoms. The van der Waals surface area contributed by atoms with Crippen molar-refractivity contribution >= 4 is 15.9 Å². The predicted molar refractivity (Wildman–Crippen MR) is 107 cm³/mol. The summed E-state index contributed by atoms with van der Waals surface area (Å²) < 4.78 is 26.3. The van der Waals surface area contributed by atoms with Gasteiger partial charge in [-0.1, -0.05) is 25.0 Å².